The molecule has 0 unspecified atom stereocenters. The molecule has 0 aromatic rings. The summed E-state index contributed by atoms with van der Waals surface area (Å²) in [4.78, 5) is 10.5. The van der Waals surface area contributed by atoms with Gasteiger partial charge in [0.25, 0.3) is 0 Å². The van der Waals surface area contributed by atoms with Gasteiger partial charge in [-0.1, -0.05) is 6.42 Å². The predicted octanol–water partition coefficient (Wildman–Crippen LogP) is 1.37. The fourth-order valence-corrected chi connectivity index (χ4v) is 2.88. The highest BCUT2D eigenvalue weighted by Gasteiger charge is 2.48. The fraction of sp³-hybridized carbons (Fsp3) is 0.900. The largest absolute Gasteiger partial charge is 0.480 e. The van der Waals surface area contributed by atoms with Crippen LogP contribution in [0.3, 0.4) is 0 Å². The molecule has 3 heteroatoms. The van der Waals surface area contributed by atoms with Crippen LogP contribution in [0, 0.1) is 11.3 Å². The van der Waals surface area contributed by atoms with Crippen molar-refractivity contribution in [3.05, 3.63) is 0 Å². The van der Waals surface area contributed by atoms with Crippen molar-refractivity contribution in [2.75, 3.05) is 0 Å². The molecule has 0 amide bonds. The van der Waals surface area contributed by atoms with Crippen LogP contribution in [0.2, 0.25) is 0 Å². The molecule has 13 heavy (non-hydrogen) atoms. The second kappa shape index (κ2) is 2.98. The van der Waals surface area contributed by atoms with Crippen molar-refractivity contribution in [1.82, 2.24) is 0 Å². The standard InChI is InChI=1S/C10H17NO2/c11-8(9(12)13)4-7-5-10(6-7)2-1-3-10/h7-8H,1-6,11H2,(H,12,13)/t8-/m0/s1. The lowest BCUT2D eigenvalue weighted by atomic mass is 9.51. The van der Waals surface area contributed by atoms with E-state index in [0.717, 1.165) is 0 Å². The normalized spacial score (nSPS) is 27.8. The van der Waals surface area contributed by atoms with Gasteiger partial charge in [0.05, 0.1) is 0 Å². The van der Waals surface area contributed by atoms with E-state index >= 15 is 0 Å². The summed E-state index contributed by atoms with van der Waals surface area (Å²) >= 11 is 0. The number of carbonyl (C=O) groups is 1. The zero-order chi connectivity index (χ0) is 9.47. The van der Waals surface area contributed by atoms with Crippen LogP contribution < -0.4 is 5.73 Å². The number of nitrogens with two attached hydrogens (primary N) is 1. The molecule has 2 fully saturated rings. The van der Waals surface area contributed by atoms with E-state index in [9.17, 15) is 4.79 Å². The molecule has 2 aliphatic rings. The van der Waals surface area contributed by atoms with Crippen molar-refractivity contribution < 1.29 is 9.90 Å². The summed E-state index contributed by atoms with van der Waals surface area (Å²) in [6.45, 7) is 0. The van der Waals surface area contributed by atoms with Crippen LogP contribution in [0.15, 0.2) is 0 Å². The van der Waals surface area contributed by atoms with Gasteiger partial charge < -0.3 is 10.8 Å². The lowest BCUT2D eigenvalue weighted by molar-refractivity contribution is -0.140. The van der Waals surface area contributed by atoms with Crippen molar-refractivity contribution in [3.8, 4) is 0 Å². The quantitative estimate of drug-likeness (QED) is 0.694. The van der Waals surface area contributed by atoms with Crippen LogP contribution in [0.4, 0.5) is 0 Å². The van der Waals surface area contributed by atoms with Crippen molar-refractivity contribution >= 4 is 5.97 Å². The van der Waals surface area contributed by atoms with Gasteiger partial charge in [-0.05, 0) is 43.4 Å². The van der Waals surface area contributed by atoms with Crippen molar-refractivity contribution in [2.24, 2.45) is 17.1 Å². The SMILES string of the molecule is N[C@@H](CC1CC2(CCC2)C1)C(=O)O. The maximum atomic E-state index is 10.5. The Labute approximate surface area is 78.3 Å². The number of carboxylic acid groups (broad SMARTS) is 1. The van der Waals surface area contributed by atoms with Gasteiger partial charge in [0.15, 0.2) is 0 Å². The number of aliphatic carboxylic acids is 1. The van der Waals surface area contributed by atoms with Gasteiger partial charge in [0.2, 0.25) is 0 Å². The third kappa shape index (κ3) is 1.57. The molecule has 1 spiro atoms. The second-order valence-electron chi connectivity index (χ2n) is 4.81. The van der Waals surface area contributed by atoms with Crippen LogP contribution in [-0.4, -0.2) is 17.1 Å². The lowest BCUT2D eigenvalue weighted by Gasteiger charge is -2.54. The summed E-state index contributed by atoms with van der Waals surface area (Å²) in [7, 11) is 0. The van der Waals surface area contributed by atoms with E-state index in [0.29, 0.717) is 17.8 Å². The van der Waals surface area contributed by atoms with Crippen molar-refractivity contribution in [3.63, 3.8) is 0 Å². The molecular weight excluding hydrogens is 166 g/mol. The van der Waals surface area contributed by atoms with Gasteiger partial charge in [-0.15, -0.1) is 0 Å². The Kier molecular flexibility index (Phi) is 2.06. The molecule has 2 aliphatic carbocycles. The number of hydrogen-bond donors (Lipinski definition) is 2. The molecule has 74 valence electrons. The molecule has 3 nitrogen and oxygen atoms in total. The van der Waals surface area contributed by atoms with Crippen LogP contribution in [-0.2, 0) is 4.79 Å². The molecule has 3 N–H and O–H groups in total. The molecule has 0 aromatic heterocycles. The highest BCUT2D eigenvalue weighted by molar-refractivity contribution is 5.73. The van der Waals surface area contributed by atoms with Gasteiger partial charge >= 0.3 is 5.97 Å². The number of carboxylic acids is 1. The summed E-state index contributed by atoms with van der Waals surface area (Å²) in [5, 5.41) is 8.63. The number of hydrogen-bond acceptors (Lipinski definition) is 2. The molecular formula is C10H17NO2. The van der Waals surface area contributed by atoms with E-state index in [2.05, 4.69) is 0 Å². The Morgan fingerprint density at radius 2 is 2.15 bits per heavy atom. The minimum Gasteiger partial charge on any atom is -0.480 e. The second-order valence-corrected chi connectivity index (χ2v) is 4.81. The van der Waals surface area contributed by atoms with Gasteiger partial charge in [0, 0.05) is 0 Å². The van der Waals surface area contributed by atoms with E-state index in [1.54, 1.807) is 0 Å². The zero-order valence-corrected chi connectivity index (χ0v) is 7.83. The summed E-state index contributed by atoms with van der Waals surface area (Å²) in [5.74, 6) is -0.263. The predicted molar refractivity (Wildman–Crippen MR) is 49.2 cm³/mol. The first kappa shape index (κ1) is 9.00. The molecule has 0 radical (unpaired) electrons. The van der Waals surface area contributed by atoms with Crippen LogP contribution in [0.5, 0.6) is 0 Å². The highest BCUT2D eigenvalue weighted by atomic mass is 16.4. The minimum atomic E-state index is -0.852. The van der Waals surface area contributed by atoms with E-state index in [1.165, 1.54) is 32.1 Å². The topological polar surface area (TPSA) is 63.3 Å². The maximum absolute atomic E-state index is 10.5. The van der Waals surface area contributed by atoms with E-state index in [1.807, 2.05) is 0 Å². The summed E-state index contributed by atoms with van der Waals surface area (Å²) in [5.41, 5.74) is 6.12. The molecule has 0 aromatic carbocycles. The van der Waals surface area contributed by atoms with Gasteiger partial charge in [-0.2, -0.15) is 0 Å². The molecule has 0 aliphatic heterocycles. The fourth-order valence-electron chi connectivity index (χ4n) is 2.88. The molecule has 2 saturated carbocycles. The summed E-state index contributed by atoms with van der Waals surface area (Å²) in [6, 6.07) is -0.637. The zero-order valence-electron chi connectivity index (χ0n) is 7.83. The van der Waals surface area contributed by atoms with Gasteiger partial charge in [0.1, 0.15) is 6.04 Å². The minimum absolute atomic E-state index is 0.589. The van der Waals surface area contributed by atoms with Crippen molar-refractivity contribution in [2.45, 2.75) is 44.6 Å². The van der Waals surface area contributed by atoms with Crippen molar-refractivity contribution in [1.29, 1.82) is 0 Å². The average Bonchev–Trinajstić information content (AvgIpc) is 1.90. The van der Waals surface area contributed by atoms with Gasteiger partial charge in [-0.25, -0.2) is 0 Å². The average molecular weight is 183 g/mol. The lowest BCUT2D eigenvalue weighted by Crippen LogP contribution is -2.45. The maximum Gasteiger partial charge on any atom is 0.320 e. The van der Waals surface area contributed by atoms with E-state index in [4.69, 9.17) is 10.8 Å². The van der Waals surface area contributed by atoms with Crippen LogP contribution in [0.25, 0.3) is 0 Å². The Bertz CT molecular complexity index is 215. The Balaban J connectivity index is 1.71. The Hall–Kier alpha value is -0.570. The summed E-state index contributed by atoms with van der Waals surface area (Å²) < 4.78 is 0. The molecule has 0 saturated heterocycles. The van der Waals surface area contributed by atoms with Gasteiger partial charge in [-0.3, -0.25) is 4.79 Å². The third-order valence-electron chi connectivity index (χ3n) is 3.76. The molecule has 2 rings (SSSR count). The number of rotatable bonds is 3. The highest BCUT2D eigenvalue weighted by Crippen LogP contribution is 2.59. The third-order valence-corrected chi connectivity index (χ3v) is 3.76. The molecule has 1 atom stereocenters. The smallest absolute Gasteiger partial charge is 0.320 e. The van der Waals surface area contributed by atoms with E-state index in [-0.39, 0.29) is 0 Å². The Morgan fingerprint density at radius 3 is 2.54 bits per heavy atom. The molecule has 0 bridgehead atoms. The first-order chi connectivity index (χ1) is 6.11. The Morgan fingerprint density at radius 1 is 1.54 bits per heavy atom. The van der Waals surface area contributed by atoms with Crippen LogP contribution in [0.1, 0.15) is 38.5 Å². The first-order valence-corrected chi connectivity index (χ1v) is 5.10. The molecule has 0 heterocycles. The van der Waals surface area contributed by atoms with E-state index < -0.39 is 12.0 Å². The van der Waals surface area contributed by atoms with Crippen LogP contribution >= 0.6 is 0 Å². The first-order valence-electron chi connectivity index (χ1n) is 5.10. The monoisotopic (exact) mass is 183 g/mol. The summed E-state index contributed by atoms with van der Waals surface area (Å²) in [6.07, 6.45) is 7.24.